The molecule has 0 radical (unpaired) electrons. The van der Waals surface area contributed by atoms with Gasteiger partial charge in [-0.05, 0) is 17.7 Å². The van der Waals surface area contributed by atoms with E-state index in [1.807, 2.05) is 42.5 Å². The van der Waals surface area contributed by atoms with Gasteiger partial charge in [-0.15, -0.1) is 0 Å². The third kappa shape index (κ3) is 2.76. The van der Waals surface area contributed by atoms with Crippen LogP contribution in [0.25, 0.3) is 10.9 Å². The number of hydrogen-bond acceptors (Lipinski definition) is 4. The smallest absolute Gasteiger partial charge is 0.187 e. The second-order valence-corrected chi connectivity index (χ2v) is 4.79. The first kappa shape index (κ1) is 13.6. The van der Waals surface area contributed by atoms with E-state index in [-0.39, 0.29) is 0 Å². The number of rotatable bonds is 4. The van der Waals surface area contributed by atoms with Crippen LogP contribution in [0, 0.1) is 0 Å². The number of methoxy groups -OCH3 is 1. The van der Waals surface area contributed by atoms with E-state index in [4.69, 9.17) is 21.1 Å². The zero-order chi connectivity index (χ0) is 14.7. The lowest BCUT2D eigenvalue weighted by Gasteiger charge is -2.12. The van der Waals surface area contributed by atoms with Gasteiger partial charge in [-0.25, -0.2) is 9.97 Å². The van der Waals surface area contributed by atoms with Gasteiger partial charge in [0.2, 0.25) is 0 Å². The molecule has 0 bridgehead atoms. The third-order valence-electron chi connectivity index (χ3n) is 3.12. The normalized spacial score (nSPS) is 10.6. The van der Waals surface area contributed by atoms with Gasteiger partial charge in [0.05, 0.1) is 7.11 Å². The Morgan fingerprint density at radius 3 is 2.62 bits per heavy atom. The summed E-state index contributed by atoms with van der Waals surface area (Å²) in [5.74, 6) is 1.19. The maximum Gasteiger partial charge on any atom is 0.187 e. The monoisotopic (exact) mass is 300 g/mol. The zero-order valence-corrected chi connectivity index (χ0v) is 12.2. The van der Waals surface area contributed by atoms with Crippen molar-refractivity contribution in [3.8, 4) is 11.5 Å². The number of nitrogens with zero attached hydrogens (tertiary/aromatic N) is 2. The SMILES string of the molecule is COc1c(OCc2ccccc2)ccc2c(Cl)ncnc12. The first-order chi connectivity index (χ1) is 10.3. The van der Waals surface area contributed by atoms with Crippen molar-refractivity contribution in [3.05, 3.63) is 59.5 Å². The molecule has 0 fully saturated rings. The van der Waals surface area contributed by atoms with Gasteiger partial charge in [0.15, 0.2) is 11.5 Å². The Balaban J connectivity index is 1.95. The third-order valence-corrected chi connectivity index (χ3v) is 3.42. The highest BCUT2D eigenvalue weighted by atomic mass is 35.5. The minimum Gasteiger partial charge on any atom is -0.491 e. The highest BCUT2D eigenvalue weighted by molar-refractivity contribution is 6.34. The molecule has 21 heavy (non-hydrogen) atoms. The Morgan fingerprint density at radius 2 is 1.86 bits per heavy atom. The predicted octanol–water partition coefficient (Wildman–Crippen LogP) is 3.87. The van der Waals surface area contributed by atoms with Gasteiger partial charge in [0.25, 0.3) is 0 Å². The summed E-state index contributed by atoms with van der Waals surface area (Å²) in [7, 11) is 1.58. The molecule has 3 aromatic rings. The number of fused-ring (bicyclic) bond motifs is 1. The summed E-state index contributed by atoms with van der Waals surface area (Å²) >= 11 is 6.06. The Kier molecular flexibility index (Phi) is 3.88. The molecule has 1 aromatic heterocycles. The van der Waals surface area contributed by atoms with Crippen molar-refractivity contribution in [1.82, 2.24) is 9.97 Å². The van der Waals surface area contributed by atoms with Crippen LogP contribution in [0.1, 0.15) is 5.56 Å². The number of halogens is 1. The maximum atomic E-state index is 6.06. The summed E-state index contributed by atoms with van der Waals surface area (Å²) in [4.78, 5) is 8.19. The van der Waals surface area contributed by atoms with Crippen molar-refractivity contribution < 1.29 is 9.47 Å². The summed E-state index contributed by atoms with van der Waals surface area (Å²) in [6.45, 7) is 0.460. The van der Waals surface area contributed by atoms with Gasteiger partial charge in [0, 0.05) is 5.39 Å². The Bertz CT molecular complexity index is 763. The number of aromatic nitrogens is 2. The van der Waals surface area contributed by atoms with E-state index in [2.05, 4.69) is 9.97 Å². The fourth-order valence-corrected chi connectivity index (χ4v) is 2.30. The van der Waals surface area contributed by atoms with Crippen molar-refractivity contribution in [1.29, 1.82) is 0 Å². The van der Waals surface area contributed by atoms with Gasteiger partial charge in [-0.3, -0.25) is 0 Å². The van der Waals surface area contributed by atoms with Gasteiger partial charge in [-0.1, -0.05) is 41.9 Å². The largest absolute Gasteiger partial charge is 0.491 e. The Hall–Kier alpha value is -2.33. The fourth-order valence-electron chi connectivity index (χ4n) is 2.10. The molecule has 0 saturated carbocycles. The van der Waals surface area contributed by atoms with Gasteiger partial charge in [-0.2, -0.15) is 0 Å². The van der Waals surface area contributed by atoms with E-state index in [9.17, 15) is 0 Å². The van der Waals surface area contributed by atoms with Crippen LogP contribution in [0.2, 0.25) is 5.15 Å². The Labute approximate surface area is 127 Å². The minimum atomic E-state index is 0.396. The average molecular weight is 301 g/mol. The summed E-state index contributed by atoms with van der Waals surface area (Å²) < 4.78 is 11.3. The second kappa shape index (κ2) is 5.97. The van der Waals surface area contributed by atoms with Crippen molar-refractivity contribution in [2.24, 2.45) is 0 Å². The average Bonchev–Trinajstić information content (AvgIpc) is 2.53. The van der Waals surface area contributed by atoms with Gasteiger partial charge < -0.3 is 9.47 Å². The van der Waals surface area contributed by atoms with Crippen molar-refractivity contribution in [2.45, 2.75) is 6.61 Å². The van der Waals surface area contributed by atoms with Crippen molar-refractivity contribution in [2.75, 3.05) is 7.11 Å². The molecule has 0 amide bonds. The molecule has 0 aliphatic carbocycles. The van der Waals surface area contributed by atoms with Crippen LogP contribution in [-0.4, -0.2) is 17.1 Å². The lowest BCUT2D eigenvalue weighted by Crippen LogP contribution is -1.99. The van der Waals surface area contributed by atoms with E-state index in [1.54, 1.807) is 7.11 Å². The molecule has 0 unspecified atom stereocenters. The van der Waals surface area contributed by atoms with Gasteiger partial charge in [0.1, 0.15) is 23.6 Å². The van der Waals surface area contributed by atoms with Crippen LogP contribution in [0.5, 0.6) is 11.5 Å². The maximum absolute atomic E-state index is 6.06. The molecule has 0 atom stereocenters. The molecule has 2 aromatic carbocycles. The number of hydrogen-bond donors (Lipinski definition) is 0. The highest BCUT2D eigenvalue weighted by Gasteiger charge is 2.13. The van der Waals surface area contributed by atoms with Crippen LogP contribution in [-0.2, 0) is 6.61 Å². The van der Waals surface area contributed by atoms with Crippen LogP contribution >= 0.6 is 11.6 Å². The summed E-state index contributed by atoms with van der Waals surface area (Å²) in [5.41, 5.74) is 1.73. The predicted molar refractivity (Wildman–Crippen MR) is 81.9 cm³/mol. The van der Waals surface area contributed by atoms with E-state index < -0.39 is 0 Å². The van der Waals surface area contributed by atoms with Gasteiger partial charge >= 0.3 is 0 Å². The van der Waals surface area contributed by atoms with Crippen LogP contribution in [0.3, 0.4) is 0 Å². The van der Waals surface area contributed by atoms with E-state index >= 15 is 0 Å². The van der Waals surface area contributed by atoms with Crippen LogP contribution < -0.4 is 9.47 Å². The lowest BCUT2D eigenvalue weighted by molar-refractivity contribution is 0.286. The second-order valence-electron chi connectivity index (χ2n) is 4.43. The molecule has 1 heterocycles. The standard InChI is InChI=1S/C16H13ClN2O2/c1-20-15-13(21-9-11-5-3-2-4-6-11)8-7-12-14(15)18-10-19-16(12)17/h2-8,10H,9H2,1H3. The van der Waals surface area contributed by atoms with E-state index in [0.29, 0.717) is 28.8 Å². The molecular formula is C16H13ClN2O2. The lowest BCUT2D eigenvalue weighted by atomic mass is 10.2. The molecule has 3 rings (SSSR count). The quantitative estimate of drug-likeness (QED) is 0.686. The molecule has 5 heteroatoms. The molecular weight excluding hydrogens is 288 g/mol. The van der Waals surface area contributed by atoms with Crippen LogP contribution in [0.15, 0.2) is 48.8 Å². The van der Waals surface area contributed by atoms with Crippen molar-refractivity contribution in [3.63, 3.8) is 0 Å². The minimum absolute atomic E-state index is 0.396. The molecule has 4 nitrogen and oxygen atoms in total. The van der Waals surface area contributed by atoms with Crippen LogP contribution in [0.4, 0.5) is 0 Å². The molecule has 0 spiro atoms. The number of benzene rings is 2. The molecule has 106 valence electrons. The molecule has 0 aliphatic heterocycles. The highest BCUT2D eigenvalue weighted by Crippen LogP contribution is 2.36. The Morgan fingerprint density at radius 1 is 1.05 bits per heavy atom. The molecule has 0 saturated heterocycles. The van der Waals surface area contributed by atoms with E-state index in [0.717, 1.165) is 10.9 Å². The zero-order valence-electron chi connectivity index (χ0n) is 11.4. The topological polar surface area (TPSA) is 44.2 Å². The summed E-state index contributed by atoms with van der Waals surface area (Å²) in [5, 5.41) is 1.14. The molecule has 0 N–H and O–H groups in total. The first-order valence-corrected chi connectivity index (χ1v) is 6.81. The number of ether oxygens (including phenoxy) is 2. The first-order valence-electron chi connectivity index (χ1n) is 6.43. The van der Waals surface area contributed by atoms with E-state index in [1.165, 1.54) is 6.33 Å². The fraction of sp³-hybridized carbons (Fsp3) is 0.125. The molecule has 0 aliphatic rings. The van der Waals surface area contributed by atoms with Crippen molar-refractivity contribution >= 4 is 22.5 Å². The summed E-state index contributed by atoms with van der Waals surface area (Å²) in [6, 6.07) is 13.6. The summed E-state index contributed by atoms with van der Waals surface area (Å²) in [6.07, 6.45) is 1.41.